The molecular formula is C7H5FINO2. The van der Waals surface area contributed by atoms with E-state index in [-0.39, 0.29) is 5.69 Å². The van der Waals surface area contributed by atoms with Crippen molar-refractivity contribution in [1.29, 1.82) is 0 Å². The molecule has 0 saturated carbocycles. The first kappa shape index (κ1) is 9.24. The number of anilines is 1. The number of hydrogen-bond donors (Lipinski definition) is 2. The summed E-state index contributed by atoms with van der Waals surface area (Å²) < 4.78 is 13.5. The lowest BCUT2D eigenvalue weighted by Crippen LogP contribution is -2.04. The number of aromatic carboxylic acids is 1. The van der Waals surface area contributed by atoms with Crippen molar-refractivity contribution >= 4 is 34.2 Å². The zero-order chi connectivity index (χ0) is 9.30. The Labute approximate surface area is 81.5 Å². The fourth-order valence-electron chi connectivity index (χ4n) is 0.735. The van der Waals surface area contributed by atoms with Gasteiger partial charge in [0.2, 0.25) is 0 Å². The van der Waals surface area contributed by atoms with Gasteiger partial charge in [-0.3, -0.25) is 0 Å². The van der Waals surface area contributed by atoms with Crippen LogP contribution in [0.2, 0.25) is 0 Å². The van der Waals surface area contributed by atoms with Crippen LogP contribution in [0.3, 0.4) is 0 Å². The van der Waals surface area contributed by atoms with E-state index in [2.05, 4.69) is 0 Å². The summed E-state index contributed by atoms with van der Waals surface area (Å²) in [5.74, 6) is -2.18. The minimum atomic E-state index is -1.31. The van der Waals surface area contributed by atoms with E-state index in [9.17, 15) is 9.18 Å². The summed E-state index contributed by atoms with van der Waals surface area (Å²) in [6.07, 6.45) is 0. The molecule has 0 amide bonds. The van der Waals surface area contributed by atoms with E-state index in [1.165, 1.54) is 12.1 Å². The second-order valence-electron chi connectivity index (χ2n) is 2.13. The third-order valence-corrected chi connectivity index (χ3v) is 2.30. The molecule has 1 aromatic carbocycles. The van der Waals surface area contributed by atoms with E-state index >= 15 is 0 Å². The van der Waals surface area contributed by atoms with Crippen LogP contribution in [0, 0.1) is 9.39 Å². The predicted molar refractivity (Wildman–Crippen MR) is 50.5 cm³/mol. The highest BCUT2D eigenvalue weighted by atomic mass is 127. The van der Waals surface area contributed by atoms with Crippen LogP contribution in [-0.4, -0.2) is 11.1 Å². The molecule has 1 aromatic rings. The number of carbonyl (C=O) groups is 1. The lowest BCUT2D eigenvalue weighted by Gasteiger charge is -2.02. The first-order valence-corrected chi connectivity index (χ1v) is 4.08. The summed E-state index contributed by atoms with van der Waals surface area (Å²) in [5.41, 5.74) is 4.76. The maximum Gasteiger partial charge on any atom is 0.338 e. The molecule has 0 aliphatic heterocycles. The molecule has 3 N–H and O–H groups in total. The Hall–Kier alpha value is -0.850. The lowest BCUT2D eigenvalue weighted by molar-refractivity contribution is 0.0692. The SMILES string of the molecule is Nc1c(I)ccc(C(=O)O)c1F. The molecule has 64 valence electrons. The number of carboxylic acid groups (broad SMARTS) is 1. The fraction of sp³-hybridized carbons (Fsp3) is 0. The molecule has 5 heteroatoms. The van der Waals surface area contributed by atoms with Gasteiger partial charge in [0.05, 0.1) is 11.3 Å². The number of nitrogens with two attached hydrogens (primary N) is 1. The van der Waals surface area contributed by atoms with Crippen molar-refractivity contribution in [3.05, 3.63) is 27.1 Å². The van der Waals surface area contributed by atoms with Crippen molar-refractivity contribution in [3.63, 3.8) is 0 Å². The van der Waals surface area contributed by atoms with E-state index in [0.29, 0.717) is 3.57 Å². The summed E-state index contributed by atoms with van der Waals surface area (Å²) >= 11 is 1.83. The molecule has 0 unspecified atom stereocenters. The minimum Gasteiger partial charge on any atom is -0.478 e. The van der Waals surface area contributed by atoms with Crippen LogP contribution in [0.15, 0.2) is 12.1 Å². The van der Waals surface area contributed by atoms with Crippen molar-refractivity contribution in [2.75, 3.05) is 5.73 Å². The number of hydrogen-bond acceptors (Lipinski definition) is 2. The third-order valence-electron chi connectivity index (χ3n) is 1.36. The molecule has 12 heavy (non-hydrogen) atoms. The van der Waals surface area contributed by atoms with Gasteiger partial charge in [0.1, 0.15) is 0 Å². The molecule has 0 aliphatic rings. The Morgan fingerprint density at radius 1 is 1.58 bits per heavy atom. The summed E-state index contributed by atoms with van der Waals surface area (Å²) in [4.78, 5) is 10.4. The predicted octanol–water partition coefficient (Wildman–Crippen LogP) is 1.71. The highest BCUT2D eigenvalue weighted by Crippen LogP contribution is 2.21. The van der Waals surface area contributed by atoms with Gasteiger partial charge in [-0.05, 0) is 34.7 Å². The molecule has 0 aromatic heterocycles. The molecule has 0 radical (unpaired) electrons. The molecule has 0 bridgehead atoms. The topological polar surface area (TPSA) is 63.3 Å². The molecular weight excluding hydrogens is 276 g/mol. The molecule has 3 nitrogen and oxygen atoms in total. The first-order chi connectivity index (χ1) is 5.54. The third kappa shape index (κ3) is 1.50. The van der Waals surface area contributed by atoms with Gasteiger partial charge in [0.15, 0.2) is 5.82 Å². The average molecular weight is 281 g/mol. The second-order valence-corrected chi connectivity index (χ2v) is 3.29. The number of benzene rings is 1. The number of nitrogen functional groups attached to an aromatic ring is 1. The molecule has 0 saturated heterocycles. The summed E-state index contributed by atoms with van der Waals surface area (Å²) in [5, 5.41) is 8.48. The average Bonchev–Trinajstić information content (AvgIpc) is 2.00. The van der Waals surface area contributed by atoms with Gasteiger partial charge >= 0.3 is 5.97 Å². The van der Waals surface area contributed by atoms with Crippen molar-refractivity contribution in [1.82, 2.24) is 0 Å². The van der Waals surface area contributed by atoms with E-state index < -0.39 is 17.3 Å². The minimum absolute atomic E-state index is 0.115. The van der Waals surface area contributed by atoms with Gasteiger partial charge < -0.3 is 10.8 Å². The van der Waals surface area contributed by atoms with Gasteiger partial charge in [-0.1, -0.05) is 0 Å². The number of rotatable bonds is 1. The van der Waals surface area contributed by atoms with Crippen LogP contribution in [0.25, 0.3) is 0 Å². The van der Waals surface area contributed by atoms with Gasteiger partial charge in [-0.2, -0.15) is 0 Å². The highest BCUT2D eigenvalue weighted by Gasteiger charge is 2.13. The Morgan fingerprint density at radius 2 is 2.17 bits per heavy atom. The summed E-state index contributed by atoms with van der Waals surface area (Å²) in [6, 6.07) is 2.65. The maximum atomic E-state index is 13.0. The van der Waals surface area contributed by atoms with Crippen LogP contribution < -0.4 is 5.73 Å². The molecule has 0 spiro atoms. The number of carboxylic acids is 1. The zero-order valence-electron chi connectivity index (χ0n) is 5.84. The van der Waals surface area contributed by atoms with Crippen LogP contribution >= 0.6 is 22.6 Å². The van der Waals surface area contributed by atoms with Gasteiger partial charge in [-0.25, -0.2) is 9.18 Å². The van der Waals surface area contributed by atoms with Crippen LogP contribution in [0.4, 0.5) is 10.1 Å². The Morgan fingerprint density at radius 3 is 2.67 bits per heavy atom. The highest BCUT2D eigenvalue weighted by molar-refractivity contribution is 14.1. The van der Waals surface area contributed by atoms with Crippen molar-refractivity contribution < 1.29 is 14.3 Å². The van der Waals surface area contributed by atoms with Gasteiger partial charge in [0.25, 0.3) is 0 Å². The van der Waals surface area contributed by atoms with E-state index in [0.717, 1.165) is 0 Å². The standard InChI is InChI=1S/C7H5FINO2/c8-5-3(7(11)12)1-2-4(9)6(5)10/h1-2H,10H2,(H,11,12). The van der Waals surface area contributed by atoms with Crippen LogP contribution in [0.5, 0.6) is 0 Å². The Bertz CT molecular complexity index is 340. The first-order valence-electron chi connectivity index (χ1n) is 3.01. The van der Waals surface area contributed by atoms with Crippen LogP contribution in [0.1, 0.15) is 10.4 Å². The summed E-state index contributed by atoms with van der Waals surface area (Å²) in [7, 11) is 0. The largest absolute Gasteiger partial charge is 0.478 e. The van der Waals surface area contributed by atoms with E-state index in [1.807, 2.05) is 22.6 Å². The second kappa shape index (κ2) is 3.26. The van der Waals surface area contributed by atoms with Crippen LogP contribution in [-0.2, 0) is 0 Å². The van der Waals surface area contributed by atoms with E-state index in [4.69, 9.17) is 10.8 Å². The number of halogens is 2. The van der Waals surface area contributed by atoms with Crippen molar-refractivity contribution in [2.45, 2.75) is 0 Å². The monoisotopic (exact) mass is 281 g/mol. The van der Waals surface area contributed by atoms with Gasteiger partial charge in [-0.15, -0.1) is 0 Å². The molecule has 1 rings (SSSR count). The molecule has 0 fully saturated rings. The lowest BCUT2D eigenvalue weighted by atomic mass is 10.2. The normalized spacial score (nSPS) is 9.83. The Kier molecular flexibility index (Phi) is 2.51. The fourth-order valence-corrected chi connectivity index (χ4v) is 1.15. The van der Waals surface area contributed by atoms with Gasteiger partial charge in [0, 0.05) is 3.57 Å². The molecule has 0 aliphatic carbocycles. The maximum absolute atomic E-state index is 13.0. The molecule has 0 heterocycles. The smallest absolute Gasteiger partial charge is 0.338 e. The zero-order valence-corrected chi connectivity index (χ0v) is 8.00. The summed E-state index contributed by atoms with van der Waals surface area (Å²) in [6.45, 7) is 0. The quantitative estimate of drug-likeness (QED) is 0.608. The molecule has 0 atom stereocenters. The van der Waals surface area contributed by atoms with Crippen molar-refractivity contribution in [3.8, 4) is 0 Å². The Balaban J connectivity index is 3.36. The van der Waals surface area contributed by atoms with Crippen molar-refractivity contribution in [2.24, 2.45) is 0 Å². The van der Waals surface area contributed by atoms with E-state index in [1.54, 1.807) is 0 Å².